The van der Waals surface area contributed by atoms with Gasteiger partial charge in [-0.3, -0.25) is 4.99 Å². The minimum Gasteiger partial charge on any atom is -0.330 e. The van der Waals surface area contributed by atoms with E-state index in [2.05, 4.69) is 9.90 Å². The van der Waals surface area contributed by atoms with Crippen molar-refractivity contribution in [2.24, 2.45) is 9.90 Å². The Morgan fingerprint density at radius 1 is 1.60 bits per heavy atom. The molecule has 0 N–H and O–H groups in total. The molecule has 0 aromatic heterocycles. The van der Waals surface area contributed by atoms with Crippen LogP contribution in [0.4, 0.5) is 0 Å². The molecule has 0 unspecified atom stereocenters. The molecular weight excluding hydrogens is 62.8 g/mol. The molecule has 3 heteroatoms. The monoisotopic (exact) mass is 66.0 g/mol. The lowest BCUT2D eigenvalue weighted by Gasteiger charge is -1.51. The van der Waals surface area contributed by atoms with Gasteiger partial charge in [0, 0.05) is 0 Å². The summed E-state index contributed by atoms with van der Waals surface area (Å²) in [7, 11) is 0.778. The minimum absolute atomic E-state index is 0.778. The number of nitrogens with zero attached hydrogens (tertiary/aromatic N) is 2. The van der Waals surface area contributed by atoms with Crippen LogP contribution in [-0.2, 0) is 0 Å². The van der Waals surface area contributed by atoms with Crippen LogP contribution in [0.1, 0.15) is 0 Å². The SMILES string of the molecule is B1C=NC=N1. The molecule has 0 bridgehead atoms. The molecule has 0 saturated carbocycles. The van der Waals surface area contributed by atoms with E-state index >= 15 is 0 Å². The van der Waals surface area contributed by atoms with E-state index in [0.29, 0.717) is 0 Å². The van der Waals surface area contributed by atoms with E-state index in [0.717, 1.165) is 7.41 Å². The summed E-state index contributed by atoms with van der Waals surface area (Å²) >= 11 is 0. The highest BCUT2D eigenvalue weighted by atomic mass is 14.8. The van der Waals surface area contributed by atoms with Crippen LogP contribution in [0.25, 0.3) is 0 Å². The Morgan fingerprint density at radius 3 is 2.80 bits per heavy atom. The van der Waals surface area contributed by atoms with Crippen LogP contribution < -0.4 is 0 Å². The molecule has 0 radical (unpaired) electrons. The Balaban J connectivity index is 2.61. The van der Waals surface area contributed by atoms with Gasteiger partial charge in [0.05, 0.1) is 6.34 Å². The molecule has 24 valence electrons. The molecule has 2 nitrogen and oxygen atoms in total. The highest BCUT2D eigenvalue weighted by Gasteiger charge is 1.79. The third kappa shape index (κ3) is 0.346. The lowest BCUT2D eigenvalue weighted by Crippen LogP contribution is -1.74. The fourth-order valence-corrected chi connectivity index (χ4v) is 0.236. The van der Waals surface area contributed by atoms with Crippen molar-refractivity contribution in [1.29, 1.82) is 0 Å². The summed E-state index contributed by atoms with van der Waals surface area (Å²) in [6.45, 7) is 0. The van der Waals surface area contributed by atoms with E-state index in [1.165, 1.54) is 0 Å². The average Bonchev–Trinajstić information content (AvgIpc) is 1.76. The lowest BCUT2D eigenvalue weighted by atomic mass is 10.0. The fourth-order valence-electron chi connectivity index (χ4n) is 0.236. The number of aliphatic imine (C=N–C) groups is 1. The van der Waals surface area contributed by atoms with Gasteiger partial charge >= 0.3 is 7.41 Å². The summed E-state index contributed by atoms with van der Waals surface area (Å²) in [6, 6.07) is 0. The normalized spacial score (nSPS) is 16.0. The maximum absolute atomic E-state index is 3.74. The van der Waals surface area contributed by atoms with Gasteiger partial charge in [0.15, 0.2) is 0 Å². The summed E-state index contributed by atoms with van der Waals surface area (Å²) in [4.78, 5) is 7.40. The Morgan fingerprint density at radius 2 is 2.60 bits per heavy atom. The quantitative estimate of drug-likeness (QED) is 0.337. The molecule has 0 aromatic carbocycles. The first-order valence-electron chi connectivity index (χ1n) is 1.50. The molecule has 0 atom stereocenters. The first kappa shape index (κ1) is 2.63. The van der Waals surface area contributed by atoms with Crippen molar-refractivity contribution in [2.45, 2.75) is 0 Å². The molecule has 0 saturated heterocycles. The van der Waals surface area contributed by atoms with Crippen LogP contribution >= 0.6 is 0 Å². The van der Waals surface area contributed by atoms with E-state index in [9.17, 15) is 0 Å². The van der Waals surface area contributed by atoms with Crippen LogP contribution in [0.15, 0.2) is 9.90 Å². The van der Waals surface area contributed by atoms with Crippen LogP contribution in [-0.4, -0.2) is 19.9 Å². The van der Waals surface area contributed by atoms with Crippen LogP contribution in [0.3, 0.4) is 0 Å². The standard InChI is InChI=1S/C2H3BN2/c1-3-5-2-4-1/h1-3H. The van der Waals surface area contributed by atoms with Gasteiger partial charge in [-0.1, -0.05) is 0 Å². The zero-order valence-corrected chi connectivity index (χ0v) is 2.76. The second-order valence-corrected chi connectivity index (χ2v) is 0.812. The second kappa shape index (κ2) is 1.01. The van der Waals surface area contributed by atoms with Gasteiger partial charge in [-0.05, 0) is 6.11 Å². The van der Waals surface area contributed by atoms with E-state index in [4.69, 9.17) is 0 Å². The molecule has 1 aliphatic rings. The van der Waals surface area contributed by atoms with E-state index < -0.39 is 0 Å². The van der Waals surface area contributed by atoms with Crippen LogP contribution in [0.2, 0.25) is 0 Å². The Kier molecular flexibility index (Phi) is 0.534. The third-order valence-corrected chi connectivity index (χ3v) is 0.441. The summed E-state index contributed by atoms with van der Waals surface area (Å²) in [5, 5.41) is 0. The van der Waals surface area contributed by atoms with Crippen molar-refractivity contribution >= 4 is 19.9 Å². The molecule has 0 amide bonds. The number of rotatable bonds is 0. The van der Waals surface area contributed by atoms with Crippen LogP contribution in [0, 0.1) is 0 Å². The van der Waals surface area contributed by atoms with E-state index in [1.54, 1.807) is 12.5 Å². The minimum atomic E-state index is 0.778. The van der Waals surface area contributed by atoms with Crippen molar-refractivity contribution < 1.29 is 0 Å². The highest BCUT2D eigenvalue weighted by Crippen LogP contribution is 1.67. The Labute approximate surface area is 30.9 Å². The molecule has 5 heavy (non-hydrogen) atoms. The van der Waals surface area contributed by atoms with Gasteiger partial charge < -0.3 is 4.90 Å². The largest absolute Gasteiger partial charge is 0.330 e. The number of hydrogen-bond acceptors (Lipinski definition) is 2. The average molecular weight is 65.9 g/mol. The summed E-state index contributed by atoms with van der Waals surface area (Å²) in [5.74, 6) is 0. The van der Waals surface area contributed by atoms with Gasteiger partial charge in [0.1, 0.15) is 0 Å². The van der Waals surface area contributed by atoms with E-state index in [1.807, 2.05) is 0 Å². The molecule has 1 aliphatic heterocycles. The second-order valence-electron chi connectivity index (χ2n) is 0.812. The Hall–Kier alpha value is -0.595. The molecule has 1 rings (SSSR count). The summed E-state index contributed by atoms with van der Waals surface area (Å²) in [6.07, 6.45) is 3.32. The molecular formula is C2H3BN2. The van der Waals surface area contributed by atoms with Gasteiger partial charge in [0.25, 0.3) is 0 Å². The van der Waals surface area contributed by atoms with Gasteiger partial charge in [-0.15, -0.1) is 0 Å². The molecule has 0 aromatic rings. The predicted octanol–water partition coefficient (Wildman–Crippen LogP) is -0.592. The van der Waals surface area contributed by atoms with Gasteiger partial charge in [-0.25, -0.2) is 0 Å². The van der Waals surface area contributed by atoms with Crippen molar-refractivity contribution in [3.63, 3.8) is 0 Å². The van der Waals surface area contributed by atoms with Crippen molar-refractivity contribution in [2.75, 3.05) is 0 Å². The van der Waals surface area contributed by atoms with Crippen LogP contribution in [0.5, 0.6) is 0 Å². The predicted molar refractivity (Wildman–Crippen MR) is 24.1 cm³/mol. The maximum Gasteiger partial charge on any atom is 0.308 e. The molecule has 1 heterocycles. The van der Waals surface area contributed by atoms with Crippen molar-refractivity contribution in [3.05, 3.63) is 0 Å². The fraction of sp³-hybridized carbons (Fsp3) is 0. The highest BCUT2D eigenvalue weighted by molar-refractivity contribution is 6.69. The van der Waals surface area contributed by atoms with Crippen molar-refractivity contribution in [1.82, 2.24) is 0 Å². The zero-order chi connectivity index (χ0) is 3.54. The molecule has 0 aliphatic carbocycles. The smallest absolute Gasteiger partial charge is 0.308 e. The maximum atomic E-state index is 3.74. The Bertz CT molecular complexity index is 65.7. The number of hydrogen-bond donors (Lipinski definition) is 0. The van der Waals surface area contributed by atoms with E-state index in [-0.39, 0.29) is 0 Å². The molecule has 0 fully saturated rings. The molecule has 0 spiro atoms. The van der Waals surface area contributed by atoms with Gasteiger partial charge in [0.2, 0.25) is 0 Å². The lowest BCUT2D eigenvalue weighted by molar-refractivity contribution is 1.81. The summed E-state index contributed by atoms with van der Waals surface area (Å²) in [5.41, 5.74) is 0. The first-order valence-corrected chi connectivity index (χ1v) is 1.50. The topological polar surface area (TPSA) is 24.7 Å². The van der Waals surface area contributed by atoms with Gasteiger partial charge in [-0.2, -0.15) is 0 Å². The first-order chi connectivity index (χ1) is 2.50. The summed E-state index contributed by atoms with van der Waals surface area (Å²) < 4.78 is 0. The zero-order valence-electron chi connectivity index (χ0n) is 2.76. The third-order valence-electron chi connectivity index (χ3n) is 0.441. The van der Waals surface area contributed by atoms with Crippen molar-refractivity contribution in [3.8, 4) is 0 Å².